The molecule has 1 aliphatic heterocycles. The fraction of sp³-hybridized carbons (Fsp3) is 0.270. The van der Waals surface area contributed by atoms with Crippen LogP contribution in [-0.4, -0.2) is 9.55 Å². The van der Waals surface area contributed by atoms with Crippen molar-refractivity contribution in [2.45, 2.75) is 130 Å². The van der Waals surface area contributed by atoms with Gasteiger partial charge < -0.3 is 19.1 Å². The number of ether oxygens (including phenoxy) is 1. The van der Waals surface area contributed by atoms with Crippen molar-refractivity contribution in [2.75, 3.05) is 9.80 Å². The Balaban J connectivity index is 0.00000720. The Morgan fingerprint density at radius 2 is 1.09 bits per heavy atom. The quantitative estimate of drug-likeness (QED) is 0.114. The van der Waals surface area contributed by atoms with Crippen LogP contribution >= 0.6 is 0 Å². The first-order chi connectivity index (χ1) is 37.6. The molecule has 0 atom stereocenters. The van der Waals surface area contributed by atoms with Gasteiger partial charge in [0.1, 0.15) is 5.82 Å². The number of benzene rings is 8. The van der Waals surface area contributed by atoms with Crippen molar-refractivity contribution in [3.8, 4) is 28.4 Å². The summed E-state index contributed by atoms with van der Waals surface area (Å²) in [6.45, 7) is 34.4. The third-order valence-electron chi connectivity index (χ3n) is 16.6. The van der Waals surface area contributed by atoms with Crippen LogP contribution < -0.4 is 14.5 Å². The van der Waals surface area contributed by atoms with E-state index in [0.29, 0.717) is 23.3 Å². The molecular formula is C74H75N4OPt-3. The molecule has 10 aromatic rings. The number of hydrogen-bond donors (Lipinski definition) is 0. The summed E-state index contributed by atoms with van der Waals surface area (Å²) in [5.74, 6) is 2.73. The molecule has 6 heteroatoms. The van der Waals surface area contributed by atoms with Gasteiger partial charge >= 0.3 is 0 Å². The number of hydrogen-bond acceptors (Lipinski definition) is 4. The molecule has 8 aromatic carbocycles. The fourth-order valence-corrected chi connectivity index (χ4v) is 11.6. The van der Waals surface area contributed by atoms with Gasteiger partial charge in [0, 0.05) is 72.2 Å². The van der Waals surface area contributed by atoms with Crippen LogP contribution in [-0.2, 0) is 42.7 Å². The second-order valence-electron chi connectivity index (χ2n) is 25.5. The summed E-state index contributed by atoms with van der Waals surface area (Å²) in [7, 11) is 0. The maximum absolute atomic E-state index is 6.88. The first-order valence-corrected chi connectivity index (χ1v) is 28.2. The van der Waals surface area contributed by atoms with E-state index in [1.807, 2.05) is 18.3 Å². The molecule has 0 spiro atoms. The number of aromatic nitrogens is 2. The third kappa shape index (κ3) is 10.4. The topological polar surface area (TPSA) is 33.5 Å². The molecule has 0 unspecified atom stereocenters. The number of fused-ring (bicyclic) bond motifs is 4. The predicted molar refractivity (Wildman–Crippen MR) is 332 cm³/mol. The van der Waals surface area contributed by atoms with Crippen molar-refractivity contribution in [3.05, 3.63) is 245 Å². The Morgan fingerprint density at radius 3 is 1.73 bits per heavy atom. The van der Waals surface area contributed by atoms with E-state index in [-0.39, 0.29) is 42.7 Å². The molecule has 0 aliphatic carbocycles. The summed E-state index contributed by atoms with van der Waals surface area (Å²) < 4.78 is 9.13. The van der Waals surface area contributed by atoms with Crippen LogP contribution in [0.4, 0.5) is 22.7 Å². The van der Waals surface area contributed by atoms with Crippen molar-refractivity contribution in [2.24, 2.45) is 0 Å². The molecule has 80 heavy (non-hydrogen) atoms. The van der Waals surface area contributed by atoms with Crippen molar-refractivity contribution in [1.29, 1.82) is 0 Å². The van der Waals surface area contributed by atoms with Crippen molar-refractivity contribution in [3.63, 3.8) is 0 Å². The van der Waals surface area contributed by atoms with E-state index in [1.165, 1.54) is 55.6 Å². The van der Waals surface area contributed by atoms with Crippen LogP contribution in [0.2, 0.25) is 0 Å². The Hall–Kier alpha value is -7.20. The molecule has 0 N–H and O–H groups in total. The van der Waals surface area contributed by atoms with Crippen LogP contribution in [0.3, 0.4) is 0 Å². The fourth-order valence-electron chi connectivity index (χ4n) is 11.6. The molecular weight excluding hydrogens is 1160 g/mol. The average molecular weight is 1230 g/mol. The number of anilines is 4. The minimum absolute atomic E-state index is 0. The smallest absolute Gasteiger partial charge is 0.135 e. The van der Waals surface area contributed by atoms with E-state index in [2.05, 4.69) is 294 Å². The molecule has 0 radical (unpaired) electrons. The predicted octanol–water partition coefficient (Wildman–Crippen LogP) is 20.1. The number of nitrogens with zero attached hydrogens (tertiary/aromatic N) is 4. The minimum atomic E-state index is -0.257. The molecule has 3 heterocycles. The van der Waals surface area contributed by atoms with Crippen molar-refractivity contribution in [1.82, 2.24) is 9.55 Å². The van der Waals surface area contributed by atoms with Gasteiger partial charge in [-0.05, 0) is 126 Å². The molecule has 0 fully saturated rings. The molecule has 2 aromatic heterocycles. The van der Waals surface area contributed by atoms with Crippen LogP contribution in [0.5, 0.6) is 11.5 Å². The van der Waals surface area contributed by atoms with Gasteiger partial charge in [-0.15, -0.1) is 48.1 Å². The molecule has 0 bridgehead atoms. The van der Waals surface area contributed by atoms with Gasteiger partial charge in [0.05, 0.1) is 0 Å². The largest absolute Gasteiger partial charge is 0.509 e. The van der Waals surface area contributed by atoms with Gasteiger partial charge in [-0.1, -0.05) is 206 Å². The van der Waals surface area contributed by atoms with Crippen LogP contribution in [0.15, 0.2) is 182 Å². The van der Waals surface area contributed by atoms with Gasteiger partial charge in [0.2, 0.25) is 0 Å². The summed E-state index contributed by atoms with van der Waals surface area (Å²) in [5, 5.41) is 2.24. The second-order valence-corrected chi connectivity index (χ2v) is 25.5. The van der Waals surface area contributed by atoms with E-state index < -0.39 is 0 Å². The second kappa shape index (κ2) is 21.4. The van der Waals surface area contributed by atoms with E-state index in [9.17, 15) is 0 Å². The summed E-state index contributed by atoms with van der Waals surface area (Å²) in [5.41, 5.74) is 18.2. The molecule has 410 valence electrons. The monoisotopic (exact) mass is 1230 g/mol. The zero-order valence-corrected chi connectivity index (χ0v) is 51.3. The van der Waals surface area contributed by atoms with Crippen LogP contribution in [0.1, 0.15) is 153 Å². The van der Waals surface area contributed by atoms with Gasteiger partial charge in [-0.3, -0.25) is 0 Å². The van der Waals surface area contributed by atoms with Gasteiger partial charge in [-0.25, -0.2) is 4.98 Å². The van der Waals surface area contributed by atoms with E-state index in [0.717, 1.165) is 50.4 Å². The zero-order chi connectivity index (χ0) is 55.8. The SMILES string of the molecule is CC(C)c1cccc(C(C)C)c1-c1ccc2c(c1)N(c1cc(C(C)(C)C)cc(C(C)(C)c3ccccc3)c1)[CH-]N2c1[c-]c(Oc2[c-]c3c(cc2)c2cc(C(C)(C)C)ccc2n3-c2cc(C(C)(C)c3ccccc3)ccn2)ccc1.[Pt]. The summed E-state index contributed by atoms with van der Waals surface area (Å²) >= 11 is 0. The summed E-state index contributed by atoms with van der Waals surface area (Å²) in [6.07, 6.45) is 1.94. The molecule has 5 nitrogen and oxygen atoms in total. The molecule has 0 amide bonds. The Kier molecular flexibility index (Phi) is 15.0. The van der Waals surface area contributed by atoms with Crippen molar-refractivity contribution < 1.29 is 25.8 Å². The average Bonchev–Trinajstić information content (AvgIpc) is 4.09. The maximum atomic E-state index is 6.88. The molecule has 11 rings (SSSR count). The van der Waals surface area contributed by atoms with Crippen molar-refractivity contribution >= 4 is 44.6 Å². The van der Waals surface area contributed by atoms with E-state index in [1.54, 1.807) is 0 Å². The zero-order valence-electron chi connectivity index (χ0n) is 49.1. The Labute approximate surface area is 491 Å². The van der Waals surface area contributed by atoms with Gasteiger partial charge in [-0.2, -0.15) is 12.1 Å². The Morgan fingerprint density at radius 1 is 0.475 bits per heavy atom. The van der Waals surface area contributed by atoms with E-state index in [4.69, 9.17) is 9.72 Å². The normalized spacial score (nSPS) is 13.2. The molecule has 1 aliphatic rings. The number of pyridine rings is 1. The minimum Gasteiger partial charge on any atom is -0.509 e. The van der Waals surface area contributed by atoms with Gasteiger partial charge in [0.15, 0.2) is 0 Å². The summed E-state index contributed by atoms with van der Waals surface area (Å²) in [4.78, 5) is 9.71. The van der Waals surface area contributed by atoms with Crippen LogP contribution in [0.25, 0.3) is 38.8 Å². The third-order valence-corrected chi connectivity index (χ3v) is 16.6. The summed E-state index contributed by atoms with van der Waals surface area (Å²) in [6, 6.07) is 71.7. The van der Waals surface area contributed by atoms with E-state index >= 15 is 0 Å². The maximum Gasteiger partial charge on any atom is 0.135 e. The van der Waals surface area contributed by atoms with Gasteiger partial charge in [0.25, 0.3) is 0 Å². The molecule has 0 saturated carbocycles. The Bertz CT molecular complexity index is 3860. The molecule has 0 saturated heterocycles. The van der Waals surface area contributed by atoms with Crippen LogP contribution in [0, 0.1) is 18.8 Å². The number of rotatable bonds is 12. The first kappa shape index (κ1) is 56.1. The standard InChI is InChI=1S/C74H75N4O.Pt/c1-48(2)61-29-22-30-62(49(3)4)70(61)50-31-35-66-68(39-50)77(58-41-55(72(8,9)10)40-56(42-58)74(13,14)52-25-19-16-20-26-52)47-76(66)57-27-21-28-59(45-57)79-60-33-34-63-64-43-53(71(5,6)7)32-36-65(64)78(67(63)46-60)69-44-54(37-38-75-69)73(11,12)51-23-17-15-18-24-51;/h15-44,47-49H,1-14H3;/q-3;. The first-order valence-electron chi connectivity index (χ1n) is 28.2.